The molecule has 0 atom stereocenters. The number of esters is 1. The van der Waals surface area contributed by atoms with Gasteiger partial charge in [-0.3, -0.25) is 0 Å². The van der Waals surface area contributed by atoms with Gasteiger partial charge in [-0.2, -0.15) is 13.2 Å². The number of carbonyl (C=O) groups is 2. The summed E-state index contributed by atoms with van der Waals surface area (Å²) in [5.41, 5.74) is 0.0462. The Balaban J connectivity index is 2.13. The monoisotopic (exact) mass is 481 g/mol. The van der Waals surface area contributed by atoms with Gasteiger partial charge in [-0.15, -0.1) is 0 Å². The Hall–Kier alpha value is -3.56. The zero-order valence-electron chi connectivity index (χ0n) is 18.8. The van der Waals surface area contributed by atoms with Gasteiger partial charge in [0.25, 0.3) is 0 Å². The highest BCUT2D eigenvalue weighted by atomic mass is 19.4. The molecule has 0 radical (unpaired) electrons. The lowest BCUT2D eigenvalue weighted by atomic mass is 9.92. The lowest BCUT2D eigenvalue weighted by Crippen LogP contribution is -2.24. The molecule has 6 nitrogen and oxygen atoms in total. The molecule has 0 unspecified atom stereocenters. The number of halogens is 4. The van der Waals surface area contributed by atoms with E-state index in [0.29, 0.717) is 23.7 Å². The van der Waals surface area contributed by atoms with Crippen molar-refractivity contribution in [2.75, 3.05) is 33.9 Å². The molecule has 0 bridgehead atoms. The van der Waals surface area contributed by atoms with E-state index in [1.165, 1.54) is 25.2 Å². The van der Waals surface area contributed by atoms with Crippen molar-refractivity contribution < 1.29 is 41.4 Å². The van der Waals surface area contributed by atoms with Crippen LogP contribution in [0.2, 0.25) is 0 Å². The van der Waals surface area contributed by atoms with Crippen LogP contribution in [-0.4, -0.2) is 50.9 Å². The third-order valence-corrected chi connectivity index (χ3v) is 5.32. The van der Waals surface area contributed by atoms with Crippen LogP contribution in [0.1, 0.15) is 39.0 Å². The number of hydrogen-bond acceptors (Lipinski definition) is 5. The molecule has 3 rings (SSSR count). The Morgan fingerprint density at radius 1 is 1.15 bits per heavy atom. The molecule has 1 saturated heterocycles. The maximum Gasteiger partial charge on any atom is 0.416 e. The Kier molecular flexibility index (Phi) is 7.48. The van der Waals surface area contributed by atoms with E-state index < -0.39 is 29.6 Å². The summed E-state index contributed by atoms with van der Waals surface area (Å²) in [6.45, 7) is 2.57. The number of nitrogens with zero attached hydrogens (tertiary/aromatic N) is 1. The summed E-state index contributed by atoms with van der Waals surface area (Å²) in [4.78, 5) is 25.5. The number of hydrogen-bond donors (Lipinski definition) is 0. The third kappa shape index (κ3) is 5.49. The SMILES string of the molecule is COC(=O)c1cc(C(=CCCN2CCOC2=O)c2cc(F)cc(C(F)(F)F)c2)cc(C)c1OC. The van der Waals surface area contributed by atoms with Crippen LogP contribution in [0.5, 0.6) is 5.75 Å². The van der Waals surface area contributed by atoms with Crippen LogP contribution >= 0.6 is 0 Å². The molecule has 0 saturated carbocycles. The number of cyclic esters (lactones) is 1. The second-order valence-corrected chi connectivity index (χ2v) is 7.60. The lowest BCUT2D eigenvalue weighted by molar-refractivity contribution is -0.137. The van der Waals surface area contributed by atoms with Crippen molar-refractivity contribution in [1.82, 2.24) is 4.90 Å². The van der Waals surface area contributed by atoms with Gasteiger partial charge in [0.1, 0.15) is 23.7 Å². The van der Waals surface area contributed by atoms with Crippen LogP contribution in [0, 0.1) is 12.7 Å². The highest BCUT2D eigenvalue weighted by Gasteiger charge is 2.32. The smallest absolute Gasteiger partial charge is 0.416 e. The largest absolute Gasteiger partial charge is 0.496 e. The number of carbonyl (C=O) groups excluding carboxylic acids is 2. The fourth-order valence-corrected chi connectivity index (χ4v) is 3.77. The van der Waals surface area contributed by atoms with Gasteiger partial charge in [0.2, 0.25) is 0 Å². The first-order chi connectivity index (χ1) is 16.0. The van der Waals surface area contributed by atoms with Gasteiger partial charge in [-0.05, 0) is 65.9 Å². The first-order valence-electron chi connectivity index (χ1n) is 10.3. The summed E-state index contributed by atoms with van der Waals surface area (Å²) in [6.07, 6.45) is -3.38. The van der Waals surface area contributed by atoms with E-state index in [9.17, 15) is 27.2 Å². The standard InChI is InChI=1S/C24H23F4NO5/c1-14-9-15(12-20(21(14)32-2)22(30)33-3)19(5-4-6-29-7-8-34-23(29)31)16-10-17(24(26,27)28)13-18(25)11-16/h5,9-13H,4,6-8H2,1-3H3. The molecule has 1 aliphatic heterocycles. The van der Waals surface area contributed by atoms with Crippen molar-refractivity contribution in [3.05, 3.63) is 70.0 Å². The molecule has 1 heterocycles. The maximum atomic E-state index is 14.2. The van der Waals surface area contributed by atoms with Gasteiger partial charge < -0.3 is 19.1 Å². The topological polar surface area (TPSA) is 65.1 Å². The Bertz CT molecular complexity index is 1130. The Morgan fingerprint density at radius 3 is 2.44 bits per heavy atom. The number of benzene rings is 2. The molecular weight excluding hydrogens is 458 g/mol. The summed E-state index contributed by atoms with van der Waals surface area (Å²) in [7, 11) is 2.57. The normalized spacial score (nSPS) is 14.3. The summed E-state index contributed by atoms with van der Waals surface area (Å²) in [5, 5.41) is 0. The third-order valence-electron chi connectivity index (χ3n) is 5.32. The summed E-state index contributed by atoms with van der Waals surface area (Å²) < 4.78 is 69.3. The predicted molar refractivity (Wildman–Crippen MR) is 115 cm³/mol. The average molecular weight is 481 g/mol. The van der Waals surface area contributed by atoms with Crippen molar-refractivity contribution in [2.24, 2.45) is 0 Å². The Morgan fingerprint density at radius 2 is 1.85 bits per heavy atom. The van der Waals surface area contributed by atoms with Gasteiger partial charge >= 0.3 is 18.2 Å². The minimum Gasteiger partial charge on any atom is -0.496 e. The molecule has 1 aliphatic rings. The van der Waals surface area contributed by atoms with Gasteiger partial charge in [0.15, 0.2) is 0 Å². The molecule has 0 aromatic heterocycles. The number of rotatable bonds is 7. The van der Waals surface area contributed by atoms with Crippen LogP contribution in [0.3, 0.4) is 0 Å². The number of ether oxygens (including phenoxy) is 3. The predicted octanol–water partition coefficient (Wildman–Crippen LogP) is 5.22. The van der Waals surface area contributed by atoms with E-state index in [1.54, 1.807) is 19.1 Å². The number of aryl methyl sites for hydroxylation is 1. The highest BCUT2D eigenvalue weighted by molar-refractivity contribution is 5.95. The quantitative estimate of drug-likeness (QED) is 0.401. The summed E-state index contributed by atoms with van der Waals surface area (Å²) in [6, 6.07) is 5.30. The zero-order valence-corrected chi connectivity index (χ0v) is 18.8. The van der Waals surface area contributed by atoms with E-state index in [1.807, 2.05) is 0 Å². The second-order valence-electron chi connectivity index (χ2n) is 7.60. The molecule has 10 heteroatoms. The maximum absolute atomic E-state index is 14.2. The van der Waals surface area contributed by atoms with Crippen LogP contribution in [0.25, 0.3) is 5.57 Å². The second kappa shape index (κ2) is 10.1. The molecule has 0 N–H and O–H groups in total. The van der Waals surface area contributed by atoms with Gasteiger partial charge in [-0.25, -0.2) is 14.0 Å². The van der Waals surface area contributed by atoms with Crippen molar-refractivity contribution in [2.45, 2.75) is 19.5 Å². The fourth-order valence-electron chi connectivity index (χ4n) is 3.77. The van der Waals surface area contributed by atoms with E-state index >= 15 is 0 Å². The minimum absolute atomic E-state index is 0.0308. The van der Waals surface area contributed by atoms with Gasteiger partial charge in [0, 0.05) is 6.54 Å². The summed E-state index contributed by atoms with van der Waals surface area (Å²) in [5.74, 6) is -1.50. The van der Waals surface area contributed by atoms with Crippen LogP contribution in [-0.2, 0) is 15.7 Å². The van der Waals surface area contributed by atoms with Crippen LogP contribution in [0.4, 0.5) is 22.4 Å². The van der Waals surface area contributed by atoms with E-state index in [4.69, 9.17) is 14.2 Å². The molecule has 34 heavy (non-hydrogen) atoms. The fraction of sp³-hybridized carbons (Fsp3) is 0.333. The first kappa shape index (κ1) is 25.1. The van der Waals surface area contributed by atoms with E-state index in [0.717, 1.165) is 12.1 Å². The molecular formula is C24H23F4NO5. The van der Waals surface area contributed by atoms with Crippen molar-refractivity contribution in [3.63, 3.8) is 0 Å². The molecule has 2 aromatic rings. The molecule has 2 aromatic carbocycles. The van der Waals surface area contributed by atoms with Crippen molar-refractivity contribution in [3.8, 4) is 5.75 Å². The summed E-state index contributed by atoms with van der Waals surface area (Å²) >= 11 is 0. The molecule has 1 amide bonds. The zero-order chi connectivity index (χ0) is 25.0. The average Bonchev–Trinajstić information content (AvgIpc) is 3.19. The molecule has 1 fully saturated rings. The molecule has 0 aliphatic carbocycles. The van der Waals surface area contributed by atoms with Crippen LogP contribution in [0.15, 0.2) is 36.4 Å². The number of methoxy groups -OCH3 is 2. The Labute approximate surface area is 193 Å². The first-order valence-corrected chi connectivity index (χ1v) is 10.3. The highest BCUT2D eigenvalue weighted by Crippen LogP contribution is 2.36. The van der Waals surface area contributed by atoms with Gasteiger partial charge in [-0.1, -0.05) is 6.08 Å². The van der Waals surface area contributed by atoms with E-state index in [2.05, 4.69) is 0 Å². The minimum atomic E-state index is -4.76. The van der Waals surface area contributed by atoms with Crippen LogP contribution < -0.4 is 4.74 Å². The lowest BCUT2D eigenvalue weighted by Gasteiger charge is -2.17. The molecule has 0 spiro atoms. The van der Waals surface area contributed by atoms with E-state index in [-0.39, 0.29) is 42.0 Å². The van der Waals surface area contributed by atoms with Crippen molar-refractivity contribution >= 4 is 17.6 Å². The number of alkyl halides is 3. The molecule has 182 valence electrons. The van der Waals surface area contributed by atoms with Crippen molar-refractivity contribution in [1.29, 1.82) is 0 Å². The van der Waals surface area contributed by atoms with Gasteiger partial charge in [0.05, 0.1) is 26.3 Å². The number of amides is 1.